The molecule has 136 valence electrons. The van der Waals surface area contributed by atoms with Crippen molar-refractivity contribution in [3.63, 3.8) is 0 Å². The van der Waals surface area contributed by atoms with Gasteiger partial charge in [-0.25, -0.2) is 9.78 Å². The summed E-state index contributed by atoms with van der Waals surface area (Å²) in [4.78, 5) is 30.0. The number of hydrogen-bond donors (Lipinski definition) is 2. The number of carbonyl (C=O) groups excluding carboxylic acids is 1. The molecule has 8 nitrogen and oxygen atoms in total. The number of ether oxygens (including phenoxy) is 1. The first-order chi connectivity index (χ1) is 13.0. The molecule has 0 saturated carbocycles. The van der Waals surface area contributed by atoms with Crippen LogP contribution in [0.4, 0.5) is 5.69 Å². The van der Waals surface area contributed by atoms with Gasteiger partial charge in [-0.05, 0) is 29.5 Å². The topological polar surface area (TPSA) is 115 Å². The fraction of sp³-hybridized carbons (Fsp3) is 0.111. The monoisotopic (exact) mass is 383 g/mol. The number of H-pyrrole nitrogens is 1. The number of hydrogen-bond acceptors (Lipinski definition) is 7. The van der Waals surface area contributed by atoms with Crippen molar-refractivity contribution in [3.05, 3.63) is 57.4 Å². The van der Waals surface area contributed by atoms with E-state index in [-0.39, 0.29) is 10.6 Å². The molecule has 0 atom stereocenters. The SMILES string of the molecule is COc1cccc(-c2ccc3c(N)c(C(=O)c4c(=O)o[nH][n+]4C)sc3n2)c1. The van der Waals surface area contributed by atoms with Crippen LogP contribution >= 0.6 is 11.3 Å². The molecular formula is C18H15N4O4S+. The van der Waals surface area contributed by atoms with E-state index in [1.807, 2.05) is 36.4 Å². The summed E-state index contributed by atoms with van der Waals surface area (Å²) in [7, 11) is 3.12. The van der Waals surface area contributed by atoms with Crippen molar-refractivity contribution < 1.29 is 18.7 Å². The third kappa shape index (κ3) is 2.77. The molecule has 3 heterocycles. The van der Waals surface area contributed by atoms with Crippen LogP contribution in [0.25, 0.3) is 21.5 Å². The molecule has 3 aromatic heterocycles. The molecule has 0 fully saturated rings. The van der Waals surface area contributed by atoms with E-state index in [2.05, 4.69) is 14.8 Å². The Kier molecular flexibility index (Phi) is 4.00. The van der Waals surface area contributed by atoms with Crippen LogP contribution in [0.2, 0.25) is 0 Å². The summed E-state index contributed by atoms with van der Waals surface area (Å²) in [5.41, 5.74) is 7.20. The van der Waals surface area contributed by atoms with Crippen molar-refractivity contribution in [3.8, 4) is 17.0 Å². The van der Waals surface area contributed by atoms with Gasteiger partial charge in [-0.3, -0.25) is 9.32 Å². The number of pyridine rings is 1. The second-order valence-corrected chi connectivity index (χ2v) is 6.84. The zero-order valence-corrected chi connectivity index (χ0v) is 15.3. The molecule has 9 heteroatoms. The normalized spacial score (nSPS) is 11.0. The number of methoxy groups -OCH3 is 1. The molecule has 27 heavy (non-hydrogen) atoms. The zero-order valence-electron chi connectivity index (χ0n) is 14.5. The van der Waals surface area contributed by atoms with Crippen LogP contribution < -0.4 is 20.8 Å². The highest BCUT2D eigenvalue weighted by molar-refractivity contribution is 7.21. The van der Waals surface area contributed by atoms with Crippen molar-refractivity contribution in [2.24, 2.45) is 7.05 Å². The average Bonchev–Trinajstić information content (AvgIpc) is 3.20. The van der Waals surface area contributed by atoms with Crippen LogP contribution in [0.1, 0.15) is 15.4 Å². The minimum atomic E-state index is -0.746. The summed E-state index contributed by atoms with van der Waals surface area (Å²) in [6.45, 7) is 0. The number of nitrogens with zero attached hydrogens (tertiary/aromatic N) is 2. The highest BCUT2D eigenvalue weighted by Crippen LogP contribution is 2.35. The lowest BCUT2D eigenvalue weighted by Crippen LogP contribution is -2.39. The molecule has 0 aliphatic carbocycles. The first-order valence-electron chi connectivity index (χ1n) is 7.95. The maximum Gasteiger partial charge on any atom is 0.438 e. The maximum absolute atomic E-state index is 12.8. The molecule has 0 saturated heterocycles. The van der Waals surface area contributed by atoms with Crippen LogP contribution in [0.3, 0.4) is 0 Å². The number of aromatic amines is 1. The van der Waals surface area contributed by atoms with Gasteiger partial charge < -0.3 is 10.5 Å². The molecule has 0 bridgehead atoms. The number of carbonyl (C=O) groups is 1. The highest BCUT2D eigenvalue weighted by atomic mass is 32.1. The van der Waals surface area contributed by atoms with Crippen LogP contribution in [0, 0.1) is 0 Å². The highest BCUT2D eigenvalue weighted by Gasteiger charge is 2.31. The lowest BCUT2D eigenvalue weighted by Gasteiger charge is -2.04. The van der Waals surface area contributed by atoms with Crippen molar-refractivity contribution in [1.82, 2.24) is 10.3 Å². The second kappa shape index (κ2) is 6.36. The molecule has 0 spiro atoms. The number of nitrogens with two attached hydrogens (primary N) is 1. The number of rotatable bonds is 4. The molecule has 0 amide bonds. The minimum Gasteiger partial charge on any atom is -0.497 e. The van der Waals surface area contributed by atoms with Crippen molar-refractivity contribution in [1.29, 1.82) is 0 Å². The van der Waals surface area contributed by atoms with Gasteiger partial charge in [0.1, 0.15) is 15.5 Å². The van der Waals surface area contributed by atoms with Crippen LogP contribution in [0.5, 0.6) is 5.75 Å². The Morgan fingerprint density at radius 1 is 1.33 bits per heavy atom. The number of aryl methyl sites for hydroxylation is 1. The van der Waals surface area contributed by atoms with Gasteiger partial charge in [0.25, 0.3) is 5.78 Å². The van der Waals surface area contributed by atoms with E-state index in [4.69, 9.17) is 10.5 Å². The summed E-state index contributed by atoms with van der Waals surface area (Å²) >= 11 is 1.14. The Bertz CT molecular complexity index is 1240. The van der Waals surface area contributed by atoms with E-state index in [0.29, 0.717) is 15.9 Å². The molecule has 4 rings (SSSR count). The van der Waals surface area contributed by atoms with Crippen molar-refractivity contribution >= 4 is 33.0 Å². The second-order valence-electron chi connectivity index (χ2n) is 5.84. The third-order valence-corrected chi connectivity index (χ3v) is 5.30. The Balaban J connectivity index is 1.82. The summed E-state index contributed by atoms with van der Waals surface area (Å²) < 4.78 is 11.1. The van der Waals surface area contributed by atoms with Gasteiger partial charge in [-0.2, -0.15) is 0 Å². The van der Waals surface area contributed by atoms with Gasteiger partial charge in [-0.1, -0.05) is 16.8 Å². The molecule has 0 unspecified atom stereocenters. The molecule has 4 aromatic rings. The number of aromatic nitrogens is 3. The lowest BCUT2D eigenvalue weighted by molar-refractivity contribution is -0.741. The standard InChI is InChI=1S/C18H14N4O4S/c1-22-14(18(24)26-21-22)15(23)16-13(19)11-6-7-12(20-17(11)27-16)9-4-3-5-10(8-9)25-2/h3-8H,1-2H3,(H2-,19,21,23,24)/p+1. The number of nitrogen functional groups attached to an aromatic ring is 1. The Morgan fingerprint density at radius 2 is 2.15 bits per heavy atom. The van der Waals surface area contributed by atoms with E-state index in [1.54, 1.807) is 7.11 Å². The van der Waals surface area contributed by atoms with Crippen LogP contribution in [0.15, 0.2) is 45.7 Å². The summed E-state index contributed by atoms with van der Waals surface area (Å²) in [5.74, 6) is 0.221. The number of anilines is 1. The average molecular weight is 383 g/mol. The van der Waals surface area contributed by atoms with E-state index in [0.717, 1.165) is 28.3 Å². The Hall–Kier alpha value is -3.46. The summed E-state index contributed by atoms with van der Waals surface area (Å²) in [5, 5.41) is 2.99. The van der Waals surface area contributed by atoms with Gasteiger partial charge in [0.15, 0.2) is 7.05 Å². The van der Waals surface area contributed by atoms with Crippen LogP contribution in [-0.2, 0) is 7.05 Å². The molecule has 0 aliphatic rings. The number of ketones is 1. The Morgan fingerprint density at radius 3 is 2.85 bits per heavy atom. The minimum absolute atomic E-state index is 0.124. The smallest absolute Gasteiger partial charge is 0.438 e. The van der Waals surface area contributed by atoms with Crippen molar-refractivity contribution in [2.45, 2.75) is 0 Å². The van der Waals surface area contributed by atoms with Gasteiger partial charge >= 0.3 is 11.3 Å². The van der Waals surface area contributed by atoms with Crippen molar-refractivity contribution in [2.75, 3.05) is 12.8 Å². The van der Waals surface area contributed by atoms with Gasteiger partial charge in [0.2, 0.25) is 0 Å². The first kappa shape index (κ1) is 17.0. The molecule has 3 N–H and O–H groups in total. The number of fused-ring (bicyclic) bond motifs is 1. The molecule has 1 aromatic carbocycles. The zero-order chi connectivity index (χ0) is 19.1. The predicted octanol–water partition coefficient (Wildman–Crippen LogP) is 1.89. The van der Waals surface area contributed by atoms with E-state index in [1.165, 1.54) is 11.7 Å². The molecule has 0 radical (unpaired) electrons. The fourth-order valence-electron chi connectivity index (χ4n) is 2.80. The van der Waals surface area contributed by atoms with E-state index >= 15 is 0 Å². The largest absolute Gasteiger partial charge is 0.497 e. The molecule has 0 aliphatic heterocycles. The summed E-state index contributed by atoms with van der Waals surface area (Å²) in [6.07, 6.45) is 0. The third-order valence-electron chi connectivity index (χ3n) is 4.18. The van der Waals surface area contributed by atoms with E-state index in [9.17, 15) is 9.59 Å². The molecular weight excluding hydrogens is 368 g/mol. The number of thiophene rings is 1. The van der Waals surface area contributed by atoms with Gasteiger partial charge in [0, 0.05) is 10.9 Å². The summed E-state index contributed by atoms with van der Waals surface area (Å²) in [6, 6.07) is 11.2. The maximum atomic E-state index is 12.8. The van der Waals surface area contributed by atoms with Gasteiger partial charge in [0.05, 0.1) is 18.5 Å². The van der Waals surface area contributed by atoms with E-state index < -0.39 is 11.4 Å². The van der Waals surface area contributed by atoms with Gasteiger partial charge in [-0.15, -0.1) is 11.3 Å². The van der Waals surface area contributed by atoms with Crippen LogP contribution in [-0.4, -0.2) is 23.1 Å². The fourth-order valence-corrected chi connectivity index (χ4v) is 3.84. The number of benzene rings is 1. The number of nitrogens with one attached hydrogen (secondary N) is 1. The first-order valence-corrected chi connectivity index (χ1v) is 8.77. The lowest BCUT2D eigenvalue weighted by atomic mass is 10.1. The Labute approximate surface area is 156 Å². The predicted molar refractivity (Wildman–Crippen MR) is 100.0 cm³/mol. The quantitative estimate of drug-likeness (QED) is 0.411.